The predicted octanol–water partition coefficient (Wildman–Crippen LogP) is 0.531. The number of ether oxygens (including phenoxy) is 1. The monoisotopic (exact) mass is 430 g/mol. The maximum Gasteiger partial charge on any atom is 0.290 e. The zero-order chi connectivity index (χ0) is 22.2. The molecular weight excluding hydrogens is 404 g/mol. The molecule has 0 bridgehead atoms. The number of rotatable bonds is 7. The average molecular weight is 430 g/mol. The Morgan fingerprint density at radius 1 is 1.42 bits per heavy atom. The van der Waals surface area contributed by atoms with Gasteiger partial charge < -0.3 is 24.6 Å². The first-order chi connectivity index (χ1) is 15.1. The van der Waals surface area contributed by atoms with Crippen LogP contribution in [0.3, 0.4) is 0 Å². The van der Waals surface area contributed by atoms with Crippen molar-refractivity contribution >= 4 is 18.3 Å². The third-order valence-corrected chi connectivity index (χ3v) is 5.07. The Morgan fingerprint density at radius 2 is 2.19 bits per heavy atom. The molecule has 1 saturated carbocycles. The molecule has 2 atom stereocenters. The van der Waals surface area contributed by atoms with E-state index >= 15 is 0 Å². The van der Waals surface area contributed by atoms with E-state index in [1.54, 1.807) is 18.7 Å². The summed E-state index contributed by atoms with van der Waals surface area (Å²) in [6, 6.07) is 3.38. The van der Waals surface area contributed by atoms with Gasteiger partial charge in [0.2, 0.25) is 5.91 Å². The number of aryl methyl sites for hydroxylation is 1. The molecule has 4 rings (SSSR count). The Bertz CT molecular complexity index is 885. The Kier molecular flexibility index (Phi) is 7.65. The van der Waals surface area contributed by atoms with Crippen LogP contribution in [0, 0.1) is 0 Å². The lowest BCUT2D eigenvalue weighted by molar-refractivity contribution is -0.165. The SMILES string of the molecule is CCCn1cnnc1CNC(=O)[C@H]1OCC(=O)N(C2CC2)[C@@H]1c1cccnc1.O=CO. The molecule has 2 aliphatic rings. The highest BCUT2D eigenvalue weighted by molar-refractivity contribution is 5.86. The number of carboxylic acid groups (broad SMARTS) is 1. The van der Waals surface area contributed by atoms with Crippen molar-refractivity contribution in [2.24, 2.45) is 0 Å². The fraction of sp³-hybridized carbons (Fsp3) is 0.500. The molecule has 1 saturated heterocycles. The molecule has 2 fully saturated rings. The molecule has 1 aliphatic carbocycles. The quantitative estimate of drug-likeness (QED) is 0.607. The van der Waals surface area contributed by atoms with Gasteiger partial charge in [-0.05, 0) is 30.9 Å². The Morgan fingerprint density at radius 3 is 2.84 bits per heavy atom. The highest BCUT2D eigenvalue weighted by atomic mass is 16.5. The van der Waals surface area contributed by atoms with Gasteiger partial charge in [0, 0.05) is 25.0 Å². The van der Waals surface area contributed by atoms with E-state index in [-0.39, 0.29) is 37.5 Å². The molecule has 0 unspecified atom stereocenters. The molecule has 2 aromatic rings. The number of morpholine rings is 1. The van der Waals surface area contributed by atoms with Crippen LogP contribution in [-0.4, -0.2) is 66.8 Å². The van der Waals surface area contributed by atoms with Gasteiger partial charge in [0.05, 0.1) is 12.6 Å². The molecule has 11 heteroatoms. The second-order valence-electron chi connectivity index (χ2n) is 7.26. The first kappa shape index (κ1) is 22.3. The summed E-state index contributed by atoms with van der Waals surface area (Å²) in [5.74, 6) is 0.347. The molecule has 0 spiro atoms. The zero-order valence-electron chi connectivity index (χ0n) is 17.3. The van der Waals surface area contributed by atoms with E-state index in [0.717, 1.165) is 31.4 Å². The van der Waals surface area contributed by atoms with Crippen molar-refractivity contribution in [3.8, 4) is 0 Å². The van der Waals surface area contributed by atoms with Crippen molar-refractivity contribution in [3.05, 3.63) is 42.2 Å². The molecular formula is C20H26N6O5. The van der Waals surface area contributed by atoms with Crippen LogP contribution in [-0.2, 0) is 32.2 Å². The standard InChI is InChI=1S/C19H24N6O3.CH2O2/c1-2-8-24-12-22-23-15(24)10-21-19(27)18-17(13-4-3-7-20-9-13)25(14-5-6-14)16(26)11-28-18;2-1-3/h3-4,7,9,12,14,17-18H,2,5-6,8,10-11H2,1H3,(H,21,27);1H,(H,2,3)/t17-,18+;/m1./s1. The van der Waals surface area contributed by atoms with E-state index in [2.05, 4.69) is 27.4 Å². The second kappa shape index (κ2) is 10.6. The van der Waals surface area contributed by atoms with Gasteiger partial charge in [0.15, 0.2) is 11.9 Å². The lowest BCUT2D eigenvalue weighted by Gasteiger charge is -2.40. The van der Waals surface area contributed by atoms with E-state index in [1.807, 2.05) is 21.6 Å². The van der Waals surface area contributed by atoms with Gasteiger partial charge in [0.25, 0.3) is 12.4 Å². The largest absolute Gasteiger partial charge is 0.483 e. The zero-order valence-corrected chi connectivity index (χ0v) is 17.3. The van der Waals surface area contributed by atoms with Gasteiger partial charge in [-0.3, -0.25) is 19.4 Å². The normalized spacial score (nSPS) is 20.5. The lowest BCUT2D eigenvalue weighted by atomic mass is 9.98. The van der Waals surface area contributed by atoms with Crippen LogP contribution in [0.25, 0.3) is 0 Å². The average Bonchev–Trinajstić information content (AvgIpc) is 3.52. The van der Waals surface area contributed by atoms with Crippen LogP contribution < -0.4 is 5.32 Å². The molecule has 3 heterocycles. The molecule has 2 N–H and O–H groups in total. The van der Waals surface area contributed by atoms with E-state index in [4.69, 9.17) is 14.6 Å². The predicted molar refractivity (Wildman–Crippen MR) is 107 cm³/mol. The maximum atomic E-state index is 13.0. The van der Waals surface area contributed by atoms with Crippen molar-refractivity contribution in [3.63, 3.8) is 0 Å². The van der Waals surface area contributed by atoms with Crippen LogP contribution in [0.5, 0.6) is 0 Å². The second-order valence-corrected chi connectivity index (χ2v) is 7.26. The summed E-state index contributed by atoms with van der Waals surface area (Å²) in [6.07, 6.45) is 7.10. The molecule has 2 amide bonds. The summed E-state index contributed by atoms with van der Waals surface area (Å²) in [6.45, 7) is 2.79. The van der Waals surface area contributed by atoms with Crippen molar-refractivity contribution in [2.75, 3.05) is 6.61 Å². The molecule has 2 aromatic heterocycles. The van der Waals surface area contributed by atoms with E-state index in [9.17, 15) is 9.59 Å². The first-order valence-corrected chi connectivity index (χ1v) is 10.2. The highest BCUT2D eigenvalue weighted by Gasteiger charge is 2.47. The number of carbonyl (C=O) groups is 3. The van der Waals surface area contributed by atoms with Crippen LogP contribution in [0.15, 0.2) is 30.9 Å². The number of hydrogen-bond acceptors (Lipinski definition) is 7. The molecule has 31 heavy (non-hydrogen) atoms. The number of aromatic nitrogens is 4. The summed E-state index contributed by atoms with van der Waals surface area (Å²) in [7, 11) is 0. The topological polar surface area (TPSA) is 140 Å². The van der Waals surface area contributed by atoms with Crippen LogP contribution in [0.1, 0.15) is 43.6 Å². The van der Waals surface area contributed by atoms with Gasteiger partial charge in [0.1, 0.15) is 12.9 Å². The number of nitrogens with zero attached hydrogens (tertiary/aromatic N) is 5. The smallest absolute Gasteiger partial charge is 0.290 e. The van der Waals surface area contributed by atoms with Crippen molar-refractivity contribution in [1.29, 1.82) is 0 Å². The number of pyridine rings is 1. The number of hydrogen-bond donors (Lipinski definition) is 2. The number of amides is 2. The van der Waals surface area contributed by atoms with Gasteiger partial charge >= 0.3 is 0 Å². The molecule has 0 radical (unpaired) electrons. The van der Waals surface area contributed by atoms with Crippen LogP contribution in [0.2, 0.25) is 0 Å². The van der Waals surface area contributed by atoms with E-state index in [1.165, 1.54) is 0 Å². The molecule has 11 nitrogen and oxygen atoms in total. The summed E-state index contributed by atoms with van der Waals surface area (Å²) >= 11 is 0. The van der Waals surface area contributed by atoms with Gasteiger partial charge in [-0.1, -0.05) is 13.0 Å². The minimum Gasteiger partial charge on any atom is -0.483 e. The Labute approximate surface area is 179 Å². The Hall–Kier alpha value is -3.34. The van der Waals surface area contributed by atoms with E-state index < -0.39 is 12.1 Å². The van der Waals surface area contributed by atoms with Crippen LogP contribution in [0.4, 0.5) is 0 Å². The van der Waals surface area contributed by atoms with Crippen molar-refractivity contribution < 1.29 is 24.2 Å². The first-order valence-electron chi connectivity index (χ1n) is 10.2. The fourth-order valence-corrected chi connectivity index (χ4v) is 3.63. The third-order valence-electron chi connectivity index (χ3n) is 5.07. The minimum absolute atomic E-state index is 0.0805. The highest BCUT2D eigenvalue weighted by Crippen LogP contribution is 2.39. The summed E-state index contributed by atoms with van der Waals surface area (Å²) < 4.78 is 7.62. The lowest BCUT2D eigenvalue weighted by Crippen LogP contribution is -2.55. The number of nitrogens with one attached hydrogen (secondary N) is 1. The molecule has 1 aliphatic heterocycles. The number of carbonyl (C=O) groups excluding carboxylic acids is 2. The third kappa shape index (κ3) is 5.43. The van der Waals surface area contributed by atoms with Crippen LogP contribution >= 0.6 is 0 Å². The van der Waals surface area contributed by atoms with Crippen molar-refractivity contribution in [2.45, 2.75) is 57.5 Å². The van der Waals surface area contributed by atoms with Gasteiger partial charge in [-0.2, -0.15) is 0 Å². The van der Waals surface area contributed by atoms with Gasteiger partial charge in [-0.15, -0.1) is 10.2 Å². The van der Waals surface area contributed by atoms with E-state index in [0.29, 0.717) is 5.82 Å². The summed E-state index contributed by atoms with van der Waals surface area (Å²) in [4.78, 5) is 39.8. The van der Waals surface area contributed by atoms with Crippen molar-refractivity contribution in [1.82, 2.24) is 30.0 Å². The molecule has 0 aromatic carbocycles. The fourth-order valence-electron chi connectivity index (χ4n) is 3.63. The summed E-state index contributed by atoms with van der Waals surface area (Å²) in [5, 5.41) is 17.8. The maximum absolute atomic E-state index is 13.0. The molecule has 166 valence electrons. The minimum atomic E-state index is -0.787. The Balaban J connectivity index is 0.000000858. The van der Waals surface area contributed by atoms with Gasteiger partial charge in [-0.25, -0.2) is 0 Å². The summed E-state index contributed by atoms with van der Waals surface area (Å²) in [5.41, 5.74) is 0.803.